The van der Waals surface area contributed by atoms with E-state index in [0.717, 1.165) is 12.8 Å². The van der Waals surface area contributed by atoms with Crippen LogP contribution in [0, 0.1) is 0 Å². The van der Waals surface area contributed by atoms with Gasteiger partial charge in [0.15, 0.2) is 0 Å². The van der Waals surface area contributed by atoms with Crippen molar-refractivity contribution in [1.29, 1.82) is 0 Å². The standard InChI is InChI=1S/C11H17ClN2O3S/c1-14(7-3-2-4-8-15)18(16,17)10-5-6-13-11(12)9-10/h5-6,9,15H,2-4,7-8H2,1H3. The summed E-state index contributed by atoms with van der Waals surface area (Å²) in [6.07, 6.45) is 3.58. The molecule has 7 heteroatoms. The van der Waals surface area contributed by atoms with Crippen LogP contribution in [0.15, 0.2) is 23.2 Å². The van der Waals surface area contributed by atoms with E-state index in [-0.39, 0.29) is 16.7 Å². The number of nitrogens with zero attached hydrogens (tertiary/aromatic N) is 2. The average Bonchev–Trinajstić information content (AvgIpc) is 2.34. The number of aromatic nitrogens is 1. The molecule has 0 radical (unpaired) electrons. The quantitative estimate of drug-likeness (QED) is 0.611. The zero-order valence-electron chi connectivity index (χ0n) is 10.2. The summed E-state index contributed by atoms with van der Waals surface area (Å²) >= 11 is 5.68. The fourth-order valence-electron chi connectivity index (χ4n) is 1.47. The van der Waals surface area contributed by atoms with Crippen LogP contribution < -0.4 is 0 Å². The SMILES string of the molecule is CN(CCCCCO)S(=O)(=O)c1ccnc(Cl)c1. The smallest absolute Gasteiger partial charge is 0.242 e. The van der Waals surface area contributed by atoms with Gasteiger partial charge in [0, 0.05) is 26.4 Å². The first-order valence-electron chi connectivity index (χ1n) is 5.67. The van der Waals surface area contributed by atoms with E-state index in [1.165, 1.54) is 29.7 Å². The molecule has 0 fully saturated rings. The molecule has 0 amide bonds. The third-order valence-corrected chi connectivity index (χ3v) is 4.60. The Morgan fingerprint density at radius 1 is 1.39 bits per heavy atom. The first kappa shape index (κ1) is 15.4. The topological polar surface area (TPSA) is 70.5 Å². The van der Waals surface area contributed by atoms with Crippen molar-refractivity contribution < 1.29 is 13.5 Å². The summed E-state index contributed by atoms with van der Waals surface area (Å²) in [6.45, 7) is 0.554. The van der Waals surface area contributed by atoms with Gasteiger partial charge in [0.05, 0.1) is 4.90 Å². The molecule has 0 atom stereocenters. The number of aliphatic hydroxyl groups is 1. The lowest BCUT2D eigenvalue weighted by atomic mass is 10.2. The predicted octanol–water partition coefficient (Wildman–Crippen LogP) is 1.52. The monoisotopic (exact) mass is 292 g/mol. The summed E-state index contributed by atoms with van der Waals surface area (Å²) in [5.74, 6) is 0. The van der Waals surface area contributed by atoms with Crippen molar-refractivity contribution in [3.8, 4) is 0 Å². The van der Waals surface area contributed by atoms with Crippen molar-refractivity contribution in [3.05, 3.63) is 23.5 Å². The van der Waals surface area contributed by atoms with Gasteiger partial charge in [0.25, 0.3) is 0 Å². The predicted molar refractivity (Wildman–Crippen MR) is 70.0 cm³/mol. The summed E-state index contributed by atoms with van der Waals surface area (Å²) in [7, 11) is -1.97. The number of hydrogen-bond acceptors (Lipinski definition) is 4. The van der Waals surface area contributed by atoms with Crippen molar-refractivity contribution in [2.75, 3.05) is 20.2 Å². The molecule has 1 aromatic heterocycles. The molecule has 0 aliphatic rings. The lowest BCUT2D eigenvalue weighted by Gasteiger charge is -2.16. The van der Waals surface area contributed by atoms with Crippen molar-refractivity contribution in [1.82, 2.24) is 9.29 Å². The van der Waals surface area contributed by atoms with Gasteiger partial charge < -0.3 is 5.11 Å². The normalized spacial score (nSPS) is 12.0. The second kappa shape index (κ2) is 7.04. The van der Waals surface area contributed by atoms with E-state index in [1.807, 2.05) is 0 Å². The number of hydrogen-bond donors (Lipinski definition) is 1. The van der Waals surface area contributed by atoms with E-state index in [1.54, 1.807) is 0 Å². The van der Waals surface area contributed by atoms with Crippen LogP contribution in [-0.2, 0) is 10.0 Å². The molecule has 0 unspecified atom stereocenters. The number of rotatable bonds is 7. The zero-order chi connectivity index (χ0) is 13.6. The second-order valence-electron chi connectivity index (χ2n) is 3.93. The first-order chi connectivity index (χ1) is 8.48. The van der Waals surface area contributed by atoms with E-state index in [4.69, 9.17) is 16.7 Å². The van der Waals surface area contributed by atoms with E-state index in [0.29, 0.717) is 13.0 Å². The molecule has 0 spiro atoms. The Labute approximate surface area is 112 Å². The minimum Gasteiger partial charge on any atom is -0.396 e. The zero-order valence-corrected chi connectivity index (χ0v) is 11.8. The molecular formula is C11H17ClN2O3S. The van der Waals surface area contributed by atoms with Gasteiger partial charge in [-0.3, -0.25) is 0 Å². The summed E-state index contributed by atoms with van der Waals surface area (Å²) in [5, 5.41) is 8.80. The van der Waals surface area contributed by atoms with Crippen molar-refractivity contribution >= 4 is 21.6 Å². The molecule has 0 bridgehead atoms. The molecule has 1 N–H and O–H groups in total. The van der Waals surface area contributed by atoms with Crippen LogP contribution in [0.25, 0.3) is 0 Å². The van der Waals surface area contributed by atoms with Gasteiger partial charge >= 0.3 is 0 Å². The number of pyridine rings is 1. The Bertz CT molecular complexity index is 479. The number of aliphatic hydroxyl groups excluding tert-OH is 1. The molecule has 5 nitrogen and oxygen atoms in total. The lowest BCUT2D eigenvalue weighted by molar-refractivity contribution is 0.281. The highest BCUT2D eigenvalue weighted by atomic mass is 35.5. The second-order valence-corrected chi connectivity index (χ2v) is 6.36. The van der Waals surface area contributed by atoms with Crippen molar-refractivity contribution in [2.24, 2.45) is 0 Å². The van der Waals surface area contributed by atoms with Crippen LogP contribution in [0.4, 0.5) is 0 Å². The summed E-state index contributed by atoms with van der Waals surface area (Å²) < 4.78 is 25.6. The van der Waals surface area contributed by atoms with Gasteiger partial charge in [-0.25, -0.2) is 17.7 Å². The van der Waals surface area contributed by atoms with Gasteiger partial charge in [0.1, 0.15) is 5.15 Å². The summed E-state index contributed by atoms with van der Waals surface area (Å²) in [4.78, 5) is 3.90. The first-order valence-corrected chi connectivity index (χ1v) is 7.49. The van der Waals surface area contributed by atoms with E-state index >= 15 is 0 Å². The Kier molecular flexibility index (Phi) is 6.01. The maximum atomic E-state index is 12.1. The average molecular weight is 293 g/mol. The molecule has 1 aromatic rings. The van der Waals surface area contributed by atoms with Crippen LogP contribution >= 0.6 is 11.6 Å². The van der Waals surface area contributed by atoms with Gasteiger partial charge in [-0.15, -0.1) is 0 Å². The highest BCUT2D eigenvalue weighted by molar-refractivity contribution is 7.89. The fourth-order valence-corrected chi connectivity index (χ4v) is 2.93. The molecule has 0 saturated heterocycles. The van der Waals surface area contributed by atoms with Gasteiger partial charge in [-0.2, -0.15) is 0 Å². The Balaban J connectivity index is 2.68. The molecule has 18 heavy (non-hydrogen) atoms. The molecule has 1 rings (SSSR count). The van der Waals surface area contributed by atoms with Crippen LogP contribution in [0.3, 0.4) is 0 Å². The summed E-state index contributed by atoms with van der Waals surface area (Å²) in [5.41, 5.74) is 0. The Morgan fingerprint density at radius 2 is 2.11 bits per heavy atom. The highest BCUT2D eigenvalue weighted by Gasteiger charge is 2.20. The fraction of sp³-hybridized carbons (Fsp3) is 0.545. The molecule has 0 aromatic carbocycles. The van der Waals surface area contributed by atoms with Crippen LogP contribution in [0.5, 0.6) is 0 Å². The third kappa shape index (κ3) is 4.20. The van der Waals surface area contributed by atoms with Gasteiger partial charge in [-0.1, -0.05) is 11.6 Å². The number of unbranched alkanes of at least 4 members (excludes halogenated alkanes) is 2. The maximum Gasteiger partial charge on any atom is 0.242 e. The minimum absolute atomic E-state index is 0.135. The molecular weight excluding hydrogens is 276 g/mol. The maximum absolute atomic E-state index is 12.1. The Hall–Kier alpha value is -0.690. The molecule has 0 aliphatic carbocycles. The largest absolute Gasteiger partial charge is 0.396 e. The van der Waals surface area contributed by atoms with Gasteiger partial charge in [0.2, 0.25) is 10.0 Å². The van der Waals surface area contributed by atoms with Crippen LogP contribution in [0.1, 0.15) is 19.3 Å². The van der Waals surface area contributed by atoms with Crippen molar-refractivity contribution in [2.45, 2.75) is 24.2 Å². The highest BCUT2D eigenvalue weighted by Crippen LogP contribution is 2.17. The van der Waals surface area contributed by atoms with E-state index in [2.05, 4.69) is 4.98 Å². The van der Waals surface area contributed by atoms with Gasteiger partial charge in [-0.05, 0) is 31.4 Å². The van der Waals surface area contributed by atoms with E-state index < -0.39 is 10.0 Å². The Morgan fingerprint density at radius 3 is 2.72 bits per heavy atom. The van der Waals surface area contributed by atoms with E-state index in [9.17, 15) is 8.42 Å². The molecule has 102 valence electrons. The lowest BCUT2D eigenvalue weighted by Crippen LogP contribution is -2.28. The molecule has 1 heterocycles. The number of sulfonamides is 1. The molecule has 0 saturated carbocycles. The van der Waals surface area contributed by atoms with Crippen LogP contribution in [0.2, 0.25) is 5.15 Å². The van der Waals surface area contributed by atoms with Crippen LogP contribution in [-0.4, -0.2) is 43.0 Å². The molecule has 0 aliphatic heterocycles. The summed E-state index contributed by atoms with van der Waals surface area (Å²) in [6, 6.07) is 2.76. The van der Waals surface area contributed by atoms with Crippen molar-refractivity contribution in [3.63, 3.8) is 0 Å². The third-order valence-electron chi connectivity index (χ3n) is 2.54. The minimum atomic E-state index is -3.50. The number of halogens is 1.